The number of furan rings is 1. The van der Waals surface area contributed by atoms with Crippen LogP contribution in [0, 0.1) is 6.92 Å². The van der Waals surface area contributed by atoms with E-state index in [0.29, 0.717) is 6.42 Å². The summed E-state index contributed by atoms with van der Waals surface area (Å²) in [6, 6.07) is 14.5. The molecule has 128 valence electrons. The number of nitrogens with zero attached hydrogens (tertiary/aromatic N) is 1. The topological polar surface area (TPSA) is 45.5 Å². The van der Waals surface area contributed by atoms with Gasteiger partial charge in [0.2, 0.25) is 5.91 Å². The fourth-order valence-corrected chi connectivity index (χ4v) is 3.34. The lowest BCUT2D eigenvalue weighted by Gasteiger charge is -2.32. The van der Waals surface area contributed by atoms with E-state index < -0.39 is 0 Å². The summed E-state index contributed by atoms with van der Waals surface area (Å²) in [5.74, 6) is 2.03. The van der Waals surface area contributed by atoms with Crippen molar-refractivity contribution < 1.29 is 9.21 Å². The number of hydrogen-bond donors (Lipinski definition) is 1. The molecule has 4 heteroatoms. The predicted molar refractivity (Wildman–Crippen MR) is 94.5 cm³/mol. The first-order chi connectivity index (χ1) is 11.7. The summed E-state index contributed by atoms with van der Waals surface area (Å²) in [5.41, 5.74) is 1.19. The summed E-state index contributed by atoms with van der Waals surface area (Å²) < 4.78 is 5.78. The Morgan fingerprint density at radius 3 is 2.71 bits per heavy atom. The molecule has 24 heavy (non-hydrogen) atoms. The molecule has 1 unspecified atom stereocenters. The molecular weight excluding hydrogens is 300 g/mol. The number of hydrogen-bond acceptors (Lipinski definition) is 3. The normalized spacial score (nSPS) is 20.5. The molecule has 1 N–H and O–H groups in total. The van der Waals surface area contributed by atoms with Gasteiger partial charge in [0, 0.05) is 19.0 Å². The van der Waals surface area contributed by atoms with Gasteiger partial charge in [0.15, 0.2) is 0 Å². The summed E-state index contributed by atoms with van der Waals surface area (Å²) in [4.78, 5) is 14.7. The SMILES string of the molecule is Cc1ccc(CN2CCCCCNC(=O)CC2c2ccccc2)o1. The zero-order valence-electron chi connectivity index (χ0n) is 14.3. The average molecular weight is 326 g/mol. The highest BCUT2D eigenvalue weighted by molar-refractivity contribution is 5.76. The first-order valence-electron chi connectivity index (χ1n) is 8.83. The molecule has 4 nitrogen and oxygen atoms in total. The minimum absolute atomic E-state index is 0.0784. The Morgan fingerprint density at radius 1 is 1.12 bits per heavy atom. The Bertz CT molecular complexity index is 651. The van der Waals surface area contributed by atoms with Gasteiger partial charge < -0.3 is 9.73 Å². The van der Waals surface area contributed by atoms with Crippen LogP contribution < -0.4 is 5.32 Å². The second kappa shape index (κ2) is 8.15. The van der Waals surface area contributed by atoms with E-state index in [2.05, 4.69) is 22.3 Å². The standard InChI is InChI=1S/C20H26N2O2/c1-16-10-11-18(24-16)15-22-13-7-3-6-12-21-20(23)14-19(22)17-8-4-2-5-9-17/h2,4-5,8-11,19H,3,6-7,12-15H2,1H3,(H,21,23). The molecule has 1 fully saturated rings. The second-order valence-corrected chi connectivity index (χ2v) is 6.52. The van der Waals surface area contributed by atoms with Crippen LogP contribution in [0.15, 0.2) is 46.9 Å². The van der Waals surface area contributed by atoms with Crippen LogP contribution in [-0.4, -0.2) is 23.9 Å². The highest BCUT2D eigenvalue weighted by Gasteiger charge is 2.24. The van der Waals surface area contributed by atoms with Crippen LogP contribution in [-0.2, 0) is 11.3 Å². The number of benzene rings is 1. The minimum atomic E-state index is 0.0784. The number of carbonyl (C=O) groups excluding carboxylic acids is 1. The molecule has 3 rings (SSSR count). The first kappa shape index (κ1) is 16.8. The lowest BCUT2D eigenvalue weighted by atomic mass is 10.00. The van der Waals surface area contributed by atoms with E-state index in [-0.39, 0.29) is 11.9 Å². The number of rotatable bonds is 3. The van der Waals surface area contributed by atoms with Gasteiger partial charge in [0.1, 0.15) is 11.5 Å². The third-order valence-corrected chi connectivity index (χ3v) is 4.60. The van der Waals surface area contributed by atoms with Crippen molar-refractivity contribution >= 4 is 5.91 Å². The summed E-state index contributed by atoms with van der Waals surface area (Å²) in [5, 5.41) is 3.05. The lowest BCUT2D eigenvalue weighted by Crippen LogP contribution is -2.35. The number of carbonyl (C=O) groups is 1. The van der Waals surface area contributed by atoms with Crippen molar-refractivity contribution in [3.8, 4) is 0 Å². The largest absolute Gasteiger partial charge is 0.465 e. The molecule has 1 amide bonds. The Morgan fingerprint density at radius 2 is 1.96 bits per heavy atom. The van der Waals surface area contributed by atoms with Crippen LogP contribution in [0.3, 0.4) is 0 Å². The van der Waals surface area contributed by atoms with Crippen molar-refractivity contribution in [1.82, 2.24) is 10.2 Å². The molecule has 1 aromatic heterocycles. The Hall–Kier alpha value is -2.07. The summed E-state index contributed by atoms with van der Waals surface area (Å²) in [6.07, 6.45) is 3.81. The lowest BCUT2D eigenvalue weighted by molar-refractivity contribution is -0.122. The van der Waals surface area contributed by atoms with Crippen molar-refractivity contribution in [3.63, 3.8) is 0 Å². The quantitative estimate of drug-likeness (QED) is 0.932. The number of amides is 1. The molecule has 1 atom stereocenters. The zero-order valence-corrected chi connectivity index (χ0v) is 14.3. The molecule has 0 saturated carbocycles. The molecule has 0 aliphatic carbocycles. The maximum absolute atomic E-state index is 12.3. The summed E-state index contributed by atoms with van der Waals surface area (Å²) in [7, 11) is 0. The molecule has 0 spiro atoms. The van der Waals surface area contributed by atoms with Gasteiger partial charge in [-0.1, -0.05) is 36.8 Å². The Labute approximate surface area is 143 Å². The summed E-state index contributed by atoms with van der Waals surface area (Å²) in [6.45, 7) is 4.47. The molecular formula is C20H26N2O2. The third-order valence-electron chi connectivity index (χ3n) is 4.60. The fourth-order valence-electron chi connectivity index (χ4n) is 3.34. The third kappa shape index (κ3) is 4.48. The van der Waals surface area contributed by atoms with E-state index in [1.165, 1.54) is 5.56 Å². The molecule has 1 aliphatic rings. The highest BCUT2D eigenvalue weighted by Crippen LogP contribution is 2.27. The van der Waals surface area contributed by atoms with Gasteiger partial charge >= 0.3 is 0 Å². The van der Waals surface area contributed by atoms with Gasteiger partial charge in [-0.2, -0.15) is 0 Å². The van der Waals surface area contributed by atoms with Gasteiger partial charge in [-0.15, -0.1) is 0 Å². The fraction of sp³-hybridized carbons (Fsp3) is 0.450. The van der Waals surface area contributed by atoms with E-state index in [4.69, 9.17) is 4.42 Å². The molecule has 1 aromatic carbocycles. The number of aryl methyl sites for hydroxylation is 1. The second-order valence-electron chi connectivity index (χ2n) is 6.52. The van der Waals surface area contributed by atoms with Gasteiger partial charge in [-0.3, -0.25) is 9.69 Å². The highest BCUT2D eigenvalue weighted by atomic mass is 16.3. The predicted octanol–water partition coefficient (Wildman–Crippen LogP) is 3.82. The van der Waals surface area contributed by atoms with Crippen molar-refractivity contribution in [2.75, 3.05) is 13.1 Å². The van der Waals surface area contributed by atoms with Crippen molar-refractivity contribution in [1.29, 1.82) is 0 Å². The van der Waals surface area contributed by atoms with Gasteiger partial charge in [-0.05, 0) is 44.0 Å². The van der Waals surface area contributed by atoms with Crippen LogP contribution in [0.5, 0.6) is 0 Å². The van der Waals surface area contributed by atoms with Crippen LogP contribution in [0.1, 0.15) is 48.8 Å². The van der Waals surface area contributed by atoms with E-state index in [1.807, 2.05) is 37.3 Å². The monoisotopic (exact) mass is 326 g/mol. The Kier molecular flexibility index (Phi) is 5.70. The van der Waals surface area contributed by atoms with Crippen molar-refractivity contribution in [2.45, 2.75) is 45.2 Å². The van der Waals surface area contributed by atoms with E-state index in [0.717, 1.165) is 50.4 Å². The molecule has 2 aromatic rings. The van der Waals surface area contributed by atoms with Crippen LogP contribution in [0.4, 0.5) is 0 Å². The van der Waals surface area contributed by atoms with Gasteiger partial charge in [-0.25, -0.2) is 0 Å². The van der Waals surface area contributed by atoms with Crippen LogP contribution >= 0.6 is 0 Å². The van der Waals surface area contributed by atoms with Crippen LogP contribution in [0.2, 0.25) is 0 Å². The Balaban J connectivity index is 1.85. The molecule has 1 saturated heterocycles. The number of nitrogens with one attached hydrogen (secondary N) is 1. The maximum Gasteiger partial charge on any atom is 0.221 e. The molecule has 1 aliphatic heterocycles. The minimum Gasteiger partial charge on any atom is -0.465 e. The summed E-state index contributed by atoms with van der Waals surface area (Å²) >= 11 is 0. The average Bonchev–Trinajstić information content (AvgIpc) is 3.00. The zero-order chi connectivity index (χ0) is 16.8. The maximum atomic E-state index is 12.3. The van der Waals surface area contributed by atoms with E-state index >= 15 is 0 Å². The molecule has 0 bridgehead atoms. The van der Waals surface area contributed by atoms with Gasteiger partial charge in [0.25, 0.3) is 0 Å². The van der Waals surface area contributed by atoms with Crippen molar-refractivity contribution in [3.05, 3.63) is 59.5 Å². The van der Waals surface area contributed by atoms with E-state index in [1.54, 1.807) is 0 Å². The van der Waals surface area contributed by atoms with E-state index in [9.17, 15) is 4.79 Å². The van der Waals surface area contributed by atoms with Gasteiger partial charge in [0.05, 0.1) is 6.54 Å². The first-order valence-corrected chi connectivity index (χ1v) is 8.83. The smallest absolute Gasteiger partial charge is 0.221 e. The van der Waals surface area contributed by atoms with Crippen LogP contribution in [0.25, 0.3) is 0 Å². The molecule has 0 radical (unpaired) electrons. The molecule has 2 heterocycles. The van der Waals surface area contributed by atoms with Crippen molar-refractivity contribution in [2.24, 2.45) is 0 Å².